The lowest BCUT2D eigenvalue weighted by molar-refractivity contribution is -0.139. The van der Waals surface area contributed by atoms with Gasteiger partial charge in [-0.25, -0.2) is 17.9 Å². The van der Waals surface area contributed by atoms with Gasteiger partial charge in [0.1, 0.15) is 0 Å². The van der Waals surface area contributed by atoms with Crippen molar-refractivity contribution in [2.75, 3.05) is 11.9 Å². The summed E-state index contributed by atoms with van der Waals surface area (Å²) in [6.07, 6.45) is 1.60. The fourth-order valence-electron chi connectivity index (χ4n) is 6.49. The summed E-state index contributed by atoms with van der Waals surface area (Å²) in [4.78, 5) is 34.2. The molecule has 52 heavy (non-hydrogen) atoms. The number of aliphatic carboxylic acids is 1. The number of para-hydroxylation sites is 1. The van der Waals surface area contributed by atoms with Crippen LogP contribution in [0.3, 0.4) is 0 Å². The van der Waals surface area contributed by atoms with E-state index < -0.39 is 28.1 Å². The lowest BCUT2D eigenvalue weighted by atomic mass is 9.96. The number of anilines is 1. The lowest BCUT2D eigenvalue weighted by Crippen LogP contribution is -2.40. The second kappa shape index (κ2) is 16.3. The number of likely N-dealkylation sites (tertiary alicyclic amines) is 1. The molecule has 1 aliphatic rings. The molecule has 1 amide bonds. The van der Waals surface area contributed by atoms with Gasteiger partial charge >= 0.3 is 5.97 Å². The highest BCUT2D eigenvalue weighted by Gasteiger charge is 2.35. The highest BCUT2D eigenvalue weighted by atomic mass is 32.2. The number of benzene rings is 5. The van der Waals surface area contributed by atoms with Crippen LogP contribution in [-0.2, 0) is 26.2 Å². The Labute approximate surface area is 305 Å². The summed E-state index contributed by atoms with van der Waals surface area (Å²) in [6.45, 7) is 5.20. The monoisotopic (exact) mass is 714 g/mol. The van der Waals surface area contributed by atoms with Gasteiger partial charge in [0.05, 0.1) is 28.4 Å². The van der Waals surface area contributed by atoms with Crippen LogP contribution in [0, 0.1) is 13.8 Å². The molecule has 10 heteroatoms. The molecule has 1 fully saturated rings. The van der Waals surface area contributed by atoms with E-state index in [-0.39, 0.29) is 16.8 Å². The molecule has 0 unspecified atom stereocenters. The van der Waals surface area contributed by atoms with Crippen LogP contribution in [0.15, 0.2) is 143 Å². The first-order valence-electron chi connectivity index (χ1n) is 17.3. The largest absolute Gasteiger partial charge is 0.480 e. The van der Waals surface area contributed by atoms with Crippen LogP contribution in [-0.4, -0.2) is 54.6 Å². The number of rotatable bonds is 13. The molecular formula is C42H42N4O5S. The van der Waals surface area contributed by atoms with Crippen LogP contribution in [0.4, 0.5) is 5.69 Å². The standard InChI is InChI=1S/C42H42N4O5S/c1-29-19-23-33(24-20-29)39(45-52(50,51)34-25-21-30(2)22-26-34)40(42(48)49)44-38(32-14-7-4-8-15-32)35-16-9-10-17-36(35)43-41(47)37-18-11-27-46(37)28-31-12-5-3-6-13-31/h3-10,12-17,19-26,37,39-40,45H,11,18,27-28H2,1-2H3,(H,43,47)(H,48,49)/t37-,39+,40-/m1/s1. The van der Waals surface area contributed by atoms with Crippen LogP contribution in [0.2, 0.25) is 0 Å². The molecule has 3 atom stereocenters. The number of hydrogen-bond acceptors (Lipinski definition) is 6. The predicted molar refractivity (Wildman–Crippen MR) is 204 cm³/mol. The van der Waals surface area contributed by atoms with Gasteiger partial charge in [0, 0.05) is 17.7 Å². The van der Waals surface area contributed by atoms with E-state index in [0.717, 1.165) is 29.7 Å². The van der Waals surface area contributed by atoms with Gasteiger partial charge in [0.2, 0.25) is 15.9 Å². The zero-order chi connectivity index (χ0) is 36.7. The average molecular weight is 715 g/mol. The number of nitrogens with zero attached hydrogens (tertiary/aromatic N) is 2. The van der Waals surface area contributed by atoms with E-state index in [1.807, 2.05) is 62.4 Å². The molecule has 266 valence electrons. The van der Waals surface area contributed by atoms with E-state index in [2.05, 4.69) is 27.1 Å². The number of carboxylic acid groups (broad SMARTS) is 1. The van der Waals surface area contributed by atoms with Crippen LogP contribution < -0.4 is 10.0 Å². The zero-order valence-electron chi connectivity index (χ0n) is 29.1. The van der Waals surface area contributed by atoms with Crippen molar-refractivity contribution in [3.63, 3.8) is 0 Å². The molecule has 1 aliphatic heterocycles. The molecule has 0 saturated carbocycles. The summed E-state index contributed by atoms with van der Waals surface area (Å²) in [7, 11) is -4.18. The van der Waals surface area contributed by atoms with Crippen molar-refractivity contribution < 1.29 is 23.1 Å². The zero-order valence-corrected chi connectivity index (χ0v) is 30.0. The minimum Gasteiger partial charge on any atom is -0.480 e. The molecule has 0 radical (unpaired) electrons. The number of carbonyl (C=O) groups is 2. The second-order valence-electron chi connectivity index (χ2n) is 13.1. The van der Waals surface area contributed by atoms with Crippen molar-refractivity contribution in [1.82, 2.24) is 9.62 Å². The van der Waals surface area contributed by atoms with Gasteiger partial charge in [-0.1, -0.05) is 126 Å². The van der Waals surface area contributed by atoms with Gasteiger partial charge in [0.15, 0.2) is 6.04 Å². The van der Waals surface area contributed by atoms with E-state index >= 15 is 0 Å². The topological polar surface area (TPSA) is 128 Å². The molecule has 0 aliphatic carbocycles. The van der Waals surface area contributed by atoms with E-state index in [9.17, 15) is 23.1 Å². The van der Waals surface area contributed by atoms with Crippen molar-refractivity contribution in [1.29, 1.82) is 0 Å². The first-order valence-corrected chi connectivity index (χ1v) is 18.8. The quantitative estimate of drug-likeness (QED) is 0.114. The van der Waals surface area contributed by atoms with Gasteiger partial charge in [-0.3, -0.25) is 14.7 Å². The Morgan fingerprint density at radius 1 is 0.808 bits per heavy atom. The Kier molecular flexibility index (Phi) is 11.4. The Bertz CT molecular complexity index is 2140. The summed E-state index contributed by atoms with van der Waals surface area (Å²) in [5, 5.41) is 13.9. The second-order valence-corrected chi connectivity index (χ2v) is 14.8. The summed E-state index contributed by atoms with van der Waals surface area (Å²) in [5.74, 6) is -1.49. The highest BCUT2D eigenvalue weighted by molar-refractivity contribution is 7.89. The molecule has 5 aromatic carbocycles. The summed E-state index contributed by atoms with van der Waals surface area (Å²) in [5.41, 5.74) is 5.25. The molecule has 0 spiro atoms. The van der Waals surface area contributed by atoms with Crippen molar-refractivity contribution in [2.45, 2.75) is 56.3 Å². The van der Waals surface area contributed by atoms with Crippen molar-refractivity contribution in [2.24, 2.45) is 4.99 Å². The van der Waals surface area contributed by atoms with E-state index in [4.69, 9.17) is 4.99 Å². The maximum Gasteiger partial charge on any atom is 0.330 e. The summed E-state index contributed by atoms with van der Waals surface area (Å²) in [6, 6.07) is 36.5. The number of carbonyl (C=O) groups excluding carboxylic acids is 1. The Morgan fingerprint density at radius 3 is 2.06 bits per heavy atom. The molecule has 1 saturated heterocycles. The number of aryl methyl sites for hydroxylation is 2. The third-order valence-electron chi connectivity index (χ3n) is 9.27. The number of sulfonamides is 1. The molecule has 3 N–H and O–H groups in total. The smallest absolute Gasteiger partial charge is 0.330 e. The Balaban J connectivity index is 1.40. The molecule has 1 heterocycles. The third kappa shape index (κ3) is 8.71. The summed E-state index contributed by atoms with van der Waals surface area (Å²) >= 11 is 0. The van der Waals surface area contributed by atoms with Crippen LogP contribution in [0.1, 0.15) is 52.3 Å². The van der Waals surface area contributed by atoms with Gasteiger partial charge in [-0.2, -0.15) is 0 Å². The van der Waals surface area contributed by atoms with E-state index in [1.165, 1.54) is 12.1 Å². The molecular weight excluding hydrogens is 673 g/mol. The van der Waals surface area contributed by atoms with Crippen molar-refractivity contribution in [3.8, 4) is 0 Å². The molecule has 6 rings (SSSR count). The van der Waals surface area contributed by atoms with Gasteiger partial charge < -0.3 is 10.4 Å². The number of aliphatic imine (C=N–C) groups is 1. The maximum absolute atomic E-state index is 13.9. The fraction of sp³-hybridized carbons (Fsp3) is 0.214. The number of hydrogen-bond donors (Lipinski definition) is 3. The number of nitrogens with one attached hydrogen (secondary N) is 2. The SMILES string of the molecule is Cc1ccc([C@H](NS(=O)(=O)c2ccc(C)cc2)[C@@H](N=C(c2ccccc2)c2ccccc2NC(=O)[C@H]2CCCN2Cc2ccccc2)C(=O)O)cc1. The lowest BCUT2D eigenvalue weighted by Gasteiger charge is -2.26. The molecule has 9 nitrogen and oxygen atoms in total. The van der Waals surface area contributed by atoms with Crippen molar-refractivity contribution in [3.05, 3.63) is 167 Å². The number of carboxylic acids is 1. The fourth-order valence-corrected chi connectivity index (χ4v) is 7.72. The van der Waals surface area contributed by atoms with Gasteiger partial charge in [-0.15, -0.1) is 0 Å². The minimum atomic E-state index is -4.18. The van der Waals surface area contributed by atoms with Gasteiger partial charge in [0.25, 0.3) is 0 Å². The highest BCUT2D eigenvalue weighted by Crippen LogP contribution is 2.29. The molecule has 0 aromatic heterocycles. The Hall–Kier alpha value is -5.42. The Morgan fingerprint density at radius 2 is 1.40 bits per heavy atom. The first kappa shape index (κ1) is 36.4. The molecule has 5 aromatic rings. The van der Waals surface area contributed by atoms with E-state index in [0.29, 0.717) is 41.1 Å². The van der Waals surface area contributed by atoms with Crippen molar-refractivity contribution >= 4 is 33.3 Å². The normalized spacial score (nSPS) is 16.3. The third-order valence-corrected chi connectivity index (χ3v) is 10.7. The van der Waals surface area contributed by atoms with Gasteiger partial charge in [-0.05, 0) is 62.6 Å². The summed E-state index contributed by atoms with van der Waals surface area (Å²) < 4.78 is 30.2. The van der Waals surface area contributed by atoms with E-state index in [1.54, 1.807) is 60.7 Å². The first-order chi connectivity index (χ1) is 25.1. The van der Waals surface area contributed by atoms with Crippen LogP contribution in [0.25, 0.3) is 0 Å². The number of amides is 1. The predicted octanol–water partition coefficient (Wildman–Crippen LogP) is 6.92. The van der Waals surface area contributed by atoms with Crippen LogP contribution in [0.5, 0.6) is 0 Å². The average Bonchev–Trinajstić information content (AvgIpc) is 3.61. The minimum absolute atomic E-state index is 0.00731. The maximum atomic E-state index is 13.9. The van der Waals surface area contributed by atoms with Crippen LogP contribution >= 0.6 is 0 Å². The molecule has 0 bridgehead atoms.